The van der Waals surface area contributed by atoms with Crippen LogP contribution in [0.3, 0.4) is 0 Å². The maximum atomic E-state index is 11.9. The summed E-state index contributed by atoms with van der Waals surface area (Å²) in [5.41, 5.74) is -0.961. The molecule has 2 amide bonds. The van der Waals surface area contributed by atoms with Crippen molar-refractivity contribution >= 4 is 21.8 Å². The first-order valence-electron chi connectivity index (χ1n) is 6.73. The molecule has 1 fully saturated rings. The van der Waals surface area contributed by atoms with Gasteiger partial charge in [-0.1, -0.05) is 13.8 Å². The summed E-state index contributed by atoms with van der Waals surface area (Å²) in [4.78, 5) is 24.7. The van der Waals surface area contributed by atoms with Crippen LogP contribution >= 0.6 is 0 Å². The lowest BCUT2D eigenvalue weighted by molar-refractivity contribution is -0.149. The lowest BCUT2D eigenvalue weighted by Crippen LogP contribution is -2.51. The summed E-state index contributed by atoms with van der Waals surface area (Å²) in [7, 11) is -3.03. The molecular formula is C12H22N2O5S. The third-order valence-corrected chi connectivity index (χ3v) is 5.63. The number of aliphatic carboxylic acids is 1. The molecule has 1 aliphatic rings. The van der Waals surface area contributed by atoms with Crippen LogP contribution in [0.15, 0.2) is 0 Å². The summed E-state index contributed by atoms with van der Waals surface area (Å²) in [6.07, 6.45) is 0.848. The quantitative estimate of drug-likeness (QED) is 0.761. The molecule has 1 saturated heterocycles. The van der Waals surface area contributed by atoms with Gasteiger partial charge in [0.2, 0.25) is 0 Å². The summed E-state index contributed by atoms with van der Waals surface area (Å²) >= 11 is 0. The van der Waals surface area contributed by atoms with Crippen molar-refractivity contribution in [2.24, 2.45) is 5.41 Å². The fourth-order valence-corrected chi connectivity index (χ4v) is 3.35. The van der Waals surface area contributed by atoms with Crippen LogP contribution in [0.2, 0.25) is 0 Å². The monoisotopic (exact) mass is 306 g/mol. The lowest BCUT2D eigenvalue weighted by Gasteiger charge is -2.31. The first-order chi connectivity index (χ1) is 9.26. The Labute approximate surface area is 119 Å². The van der Waals surface area contributed by atoms with E-state index in [4.69, 9.17) is 0 Å². The van der Waals surface area contributed by atoms with Gasteiger partial charge < -0.3 is 15.3 Å². The van der Waals surface area contributed by atoms with Crippen molar-refractivity contribution in [3.05, 3.63) is 0 Å². The van der Waals surface area contributed by atoms with E-state index in [1.807, 2.05) is 0 Å². The standard InChI is InChI=1S/C12H22N2O5S/c1-3-12(4-2,10(15)16)9-13-11(17)14-5-7-20(18,19)8-6-14/h3-9H2,1-2H3,(H,13,17)(H,15,16). The number of hydrogen-bond acceptors (Lipinski definition) is 4. The minimum atomic E-state index is -3.03. The van der Waals surface area contributed by atoms with E-state index in [-0.39, 0.29) is 31.1 Å². The van der Waals surface area contributed by atoms with Crippen molar-refractivity contribution in [1.82, 2.24) is 10.2 Å². The maximum Gasteiger partial charge on any atom is 0.317 e. The Balaban J connectivity index is 2.57. The zero-order chi connectivity index (χ0) is 15.4. The molecule has 0 aromatic heterocycles. The van der Waals surface area contributed by atoms with Gasteiger partial charge in [0.25, 0.3) is 0 Å². The van der Waals surface area contributed by atoms with Crippen molar-refractivity contribution < 1.29 is 23.1 Å². The van der Waals surface area contributed by atoms with Crippen LogP contribution in [0, 0.1) is 5.41 Å². The minimum absolute atomic E-state index is 0.0357. The highest BCUT2D eigenvalue weighted by atomic mass is 32.2. The second-order valence-corrected chi connectivity index (χ2v) is 7.39. The first-order valence-corrected chi connectivity index (χ1v) is 8.55. The van der Waals surface area contributed by atoms with Crippen LogP contribution in [-0.2, 0) is 14.6 Å². The normalized spacial score (nSPS) is 18.6. The molecule has 0 aromatic rings. The molecule has 7 nitrogen and oxygen atoms in total. The van der Waals surface area contributed by atoms with Gasteiger partial charge in [-0.25, -0.2) is 13.2 Å². The van der Waals surface area contributed by atoms with E-state index in [9.17, 15) is 23.1 Å². The summed E-state index contributed by atoms with van der Waals surface area (Å²) in [6.45, 7) is 3.92. The Morgan fingerprint density at radius 1 is 1.20 bits per heavy atom. The van der Waals surface area contributed by atoms with Gasteiger partial charge >= 0.3 is 12.0 Å². The van der Waals surface area contributed by atoms with E-state index >= 15 is 0 Å². The van der Waals surface area contributed by atoms with E-state index in [0.29, 0.717) is 12.8 Å². The molecule has 1 rings (SSSR count). The molecule has 0 saturated carbocycles. The molecule has 0 spiro atoms. The van der Waals surface area contributed by atoms with Gasteiger partial charge in [0, 0.05) is 19.6 Å². The molecule has 0 bridgehead atoms. The molecule has 1 aliphatic heterocycles. The molecule has 0 aromatic carbocycles. The first kappa shape index (κ1) is 16.7. The Kier molecular flexibility index (Phi) is 5.38. The second kappa shape index (κ2) is 6.43. The molecule has 0 aliphatic carbocycles. The number of nitrogens with one attached hydrogen (secondary N) is 1. The van der Waals surface area contributed by atoms with Gasteiger partial charge in [-0.3, -0.25) is 4.79 Å². The second-order valence-electron chi connectivity index (χ2n) is 5.09. The van der Waals surface area contributed by atoms with Crippen molar-refractivity contribution in [3.8, 4) is 0 Å². The molecular weight excluding hydrogens is 284 g/mol. The topological polar surface area (TPSA) is 104 Å². The highest BCUT2D eigenvalue weighted by Gasteiger charge is 2.36. The van der Waals surface area contributed by atoms with E-state index in [1.54, 1.807) is 13.8 Å². The predicted octanol–water partition coefficient (Wildman–Crippen LogP) is 0.317. The van der Waals surface area contributed by atoms with Gasteiger partial charge in [0.1, 0.15) is 0 Å². The van der Waals surface area contributed by atoms with Gasteiger partial charge in [0.05, 0.1) is 16.9 Å². The number of carboxylic acid groups (broad SMARTS) is 1. The van der Waals surface area contributed by atoms with Crippen molar-refractivity contribution in [3.63, 3.8) is 0 Å². The van der Waals surface area contributed by atoms with E-state index in [2.05, 4.69) is 5.32 Å². The number of hydrogen-bond donors (Lipinski definition) is 2. The number of amides is 2. The number of carbonyl (C=O) groups excluding carboxylic acids is 1. The molecule has 116 valence electrons. The minimum Gasteiger partial charge on any atom is -0.481 e. The number of urea groups is 1. The number of carboxylic acids is 1. The number of carbonyl (C=O) groups is 2. The lowest BCUT2D eigenvalue weighted by atomic mass is 9.82. The van der Waals surface area contributed by atoms with Crippen LogP contribution < -0.4 is 5.32 Å². The van der Waals surface area contributed by atoms with Crippen LogP contribution in [0.4, 0.5) is 4.79 Å². The van der Waals surface area contributed by atoms with Gasteiger partial charge in [-0.15, -0.1) is 0 Å². The molecule has 0 unspecified atom stereocenters. The van der Waals surface area contributed by atoms with Crippen LogP contribution in [0.5, 0.6) is 0 Å². The number of sulfone groups is 1. The van der Waals surface area contributed by atoms with Crippen LogP contribution in [-0.4, -0.2) is 61.6 Å². The van der Waals surface area contributed by atoms with Crippen molar-refractivity contribution in [2.45, 2.75) is 26.7 Å². The zero-order valence-corrected chi connectivity index (χ0v) is 12.7. The van der Waals surface area contributed by atoms with Crippen molar-refractivity contribution in [1.29, 1.82) is 0 Å². The maximum absolute atomic E-state index is 11.9. The molecule has 0 atom stereocenters. The Hall–Kier alpha value is -1.31. The predicted molar refractivity (Wildman–Crippen MR) is 74.3 cm³/mol. The molecule has 0 radical (unpaired) electrons. The molecule has 20 heavy (non-hydrogen) atoms. The summed E-state index contributed by atoms with van der Waals surface area (Å²) in [6, 6.07) is -0.396. The van der Waals surface area contributed by atoms with E-state index in [1.165, 1.54) is 4.90 Å². The van der Waals surface area contributed by atoms with Crippen LogP contribution in [0.1, 0.15) is 26.7 Å². The van der Waals surface area contributed by atoms with Gasteiger partial charge in [0.15, 0.2) is 9.84 Å². The Morgan fingerprint density at radius 3 is 2.10 bits per heavy atom. The van der Waals surface area contributed by atoms with Crippen molar-refractivity contribution in [2.75, 3.05) is 31.1 Å². The number of rotatable bonds is 5. The van der Waals surface area contributed by atoms with Crippen LogP contribution in [0.25, 0.3) is 0 Å². The zero-order valence-electron chi connectivity index (χ0n) is 11.9. The third-order valence-electron chi connectivity index (χ3n) is 4.02. The average molecular weight is 306 g/mol. The summed E-state index contributed by atoms with van der Waals surface area (Å²) in [5, 5.41) is 11.9. The van der Waals surface area contributed by atoms with E-state index in [0.717, 1.165) is 0 Å². The Morgan fingerprint density at radius 2 is 1.70 bits per heavy atom. The fraction of sp³-hybridized carbons (Fsp3) is 0.833. The highest BCUT2D eigenvalue weighted by molar-refractivity contribution is 7.91. The fourth-order valence-electron chi connectivity index (χ4n) is 2.15. The Bertz CT molecular complexity index is 456. The molecule has 2 N–H and O–H groups in total. The third kappa shape index (κ3) is 3.84. The number of nitrogens with zero attached hydrogens (tertiary/aromatic N) is 1. The largest absolute Gasteiger partial charge is 0.481 e. The summed E-state index contributed by atoms with van der Waals surface area (Å²) < 4.78 is 22.6. The summed E-state index contributed by atoms with van der Waals surface area (Å²) in [5.74, 6) is -0.998. The van der Waals surface area contributed by atoms with E-state index < -0.39 is 27.3 Å². The average Bonchev–Trinajstić information content (AvgIpc) is 2.39. The highest BCUT2D eigenvalue weighted by Crippen LogP contribution is 2.25. The van der Waals surface area contributed by atoms with Gasteiger partial charge in [-0.2, -0.15) is 0 Å². The van der Waals surface area contributed by atoms with Gasteiger partial charge in [-0.05, 0) is 12.8 Å². The molecule has 1 heterocycles. The smallest absolute Gasteiger partial charge is 0.317 e. The SMILES string of the molecule is CCC(CC)(CNC(=O)N1CCS(=O)(=O)CC1)C(=O)O. The molecule has 8 heteroatoms.